The second kappa shape index (κ2) is 6.00. The van der Waals surface area contributed by atoms with Gasteiger partial charge in [-0.15, -0.1) is 0 Å². The van der Waals surface area contributed by atoms with Gasteiger partial charge < -0.3 is 10.0 Å². The number of thiophene rings is 1. The number of amides is 1. The maximum atomic E-state index is 12.2. The SMILES string of the molecule is O=C(O)CC[C@@H]1CCCN(C(=O)c2ccsc2)C1. The van der Waals surface area contributed by atoms with Crippen molar-refractivity contribution in [3.8, 4) is 0 Å². The van der Waals surface area contributed by atoms with Gasteiger partial charge in [0.2, 0.25) is 0 Å². The highest BCUT2D eigenvalue weighted by Crippen LogP contribution is 2.22. The van der Waals surface area contributed by atoms with Crippen molar-refractivity contribution in [1.82, 2.24) is 4.90 Å². The van der Waals surface area contributed by atoms with Crippen LogP contribution in [-0.4, -0.2) is 35.0 Å². The molecule has 1 aliphatic heterocycles. The Balaban J connectivity index is 1.90. The smallest absolute Gasteiger partial charge is 0.303 e. The molecule has 0 aromatic carbocycles. The molecular formula is C13H17NO3S. The molecule has 0 radical (unpaired) electrons. The van der Waals surface area contributed by atoms with Crippen molar-refractivity contribution in [3.63, 3.8) is 0 Å². The molecule has 1 N–H and O–H groups in total. The molecule has 1 aromatic heterocycles. The minimum Gasteiger partial charge on any atom is -0.481 e. The van der Waals surface area contributed by atoms with E-state index >= 15 is 0 Å². The first-order valence-electron chi connectivity index (χ1n) is 6.20. The fraction of sp³-hybridized carbons (Fsp3) is 0.538. The number of nitrogens with zero attached hydrogens (tertiary/aromatic N) is 1. The average Bonchev–Trinajstić information content (AvgIpc) is 2.89. The van der Waals surface area contributed by atoms with Crippen LogP contribution in [0.3, 0.4) is 0 Å². The van der Waals surface area contributed by atoms with E-state index in [0.717, 1.165) is 24.9 Å². The van der Waals surface area contributed by atoms with Gasteiger partial charge in [0.25, 0.3) is 5.91 Å². The van der Waals surface area contributed by atoms with Crippen LogP contribution in [0.1, 0.15) is 36.0 Å². The summed E-state index contributed by atoms with van der Waals surface area (Å²) >= 11 is 1.52. The molecule has 2 rings (SSSR count). The number of carboxylic acids is 1. The standard InChI is InChI=1S/C13H17NO3S/c15-12(16)4-3-10-2-1-6-14(8-10)13(17)11-5-7-18-9-11/h5,7,9-10H,1-4,6,8H2,(H,15,16)/t10-/m0/s1. The van der Waals surface area contributed by atoms with E-state index in [0.29, 0.717) is 18.9 Å². The number of carbonyl (C=O) groups is 2. The minimum absolute atomic E-state index is 0.0799. The van der Waals surface area contributed by atoms with E-state index in [9.17, 15) is 9.59 Å². The van der Waals surface area contributed by atoms with E-state index in [2.05, 4.69) is 0 Å². The summed E-state index contributed by atoms with van der Waals surface area (Å²) in [6.07, 6.45) is 2.87. The lowest BCUT2D eigenvalue weighted by Gasteiger charge is -2.32. The van der Waals surface area contributed by atoms with Crippen LogP contribution in [0.2, 0.25) is 0 Å². The number of carbonyl (C=O) groups excluding carboxylic acids is 1. The molecule has 1 saturated heterocycles. The van der Waals surface area contributed by atoms with Crippen molar-refractivity contribution >= 4 is 23.2 Å². The Kier molecular flexibility index (Phi) is 4.36. The van der Waals surface area contributed by atoms with E-state index in [1.54, 1.807) is 0 Å². The van der Waals surface area contributed by atoms with E-state index in [4.69, 9.17) is 5.11 Å². The molecule has 1 fully saturated rings. The Labute approximate surface area is 110 Å². The summed E-state index contributed by atoms with van der Waals surface area (Å²) < 4.78 is 0. The van der Waals surface area contributed by atoms with Crippen LogP contribution in [0.5, 0.6) is 0 Å². The molecule has 0 bridgehead atoms. The van der Waals surface area contributed by atoms with Crippen molar-refractivity contribution in [2.24, 2.45) is 5.92 Å². The lowest BCUT2D eigenvalue weighted by atomic mass is 9.93. The van der Waals surface area contributed by atoms with Crippen LogP contribution in [0.15, 0.2) is 16.8 Å². The van der Waals surface area contributed by atoms with Crippen molar-refractivity contribution in [2.75, 3.05) is 13.1 Å². The molecule has 2 heterocycles. The van der Waals surface area contributed by atoms with Gasteiger partial charge in [-0.25, -0.2) is 0 Å². The predicted molar refractivity (Wildman–Crippen MR) is 69.8 cm³/mol. The van der Waals surface area contributed by atoms with Crippen LogP contribution >= 0.6 is 11.3 Å². The van der Waals surface area contributed by atoms with Crippen LogP contribution < -0.4 is 0 Å². The minimum atomic E-state index is -0.753. The molecule has 4 nitrogen and oxygen atoms in total. The van der Waals surface area contributed by atoms with Gasteiger partial charge in [0.1, 0.15) is 0 Å². The summed E-state index contributed by atoms with van der Waals surface area (Å²) in [6.45, 7) is 1.49. The van der Waals surface area contributed by atoms with Crippen LogP contribution in [-0.2, 0) is 4.79 Å². The number of hydrogen-bond donors (Lipinski definition) is 1. The molecule has 1 atom stereocenters. The second-order valence-electron chi connectivity index (χ2n) is 4.70. The van der Waals surface area contributed by atoms with Crippen LogP contribution in [0.25, 0.3) is 0 Å². The van der Waals surface area contributed by atoms with Gasteiger partial charge in [-0.1, -0.05) is 0 Å². The summed E-state index contributed by atoms with van der Waals surface area (Å²) in [5.74, 6) is -0.343. The highest BCUT2D eigenvalue weighted by Gasteiger charge is 2.24. The first kappa shape index (κ1) is 13.1. The molecular weight excluding hydrogens is 250 g/mol. The largest absolute Gasteiger partial charge is 0.481 e. The summed E-state index contributed by atoms with van der Waals surface area (Å²) in [7, 11) is 0. The summed E-state index contributed by atoms with van der Waals surface area (Å²) in [4.78, 5) is 24.6. The maximum absolute atomic E-state index is 12.2. The van der Waals surface area contributed by atoms with E-state index in [1.807, 2.05) is 21.7 Å². The van der Waals surface area contributed by atoms with Crippen molar-refractivity contribution in [1.29, 1.82) is 0 Å². The Morgan fingerprint density at radius 1 is 1.50 bits per heavy atom. The van der Waals surface area contributed by atoms with Gasteiger partial charge in [0, 0.05) is 24.9 Å². The molecule has 1 aliphatic rings. The third-order valence-corrected chi connectivity index (χ3v) is 4.02. The summed E-state index contributed by atoms with van der Waals surface area (Å²) in [5.41, 5.74) is 0.749. The molecule has 18 heavy (non-hydrogen) atoms. The highest BCUT2D eigenvalue weighted by atomic mass is 32.1. The van der Waals surface area contributed by atoms with Gasteiger partial charge in [0.05, 0.1) is 5.56 Å². The van der Waals surface area contributed by atoms with Crippen LogP contribution in [0.4, 0.5) is 0 Å². The highest BCUT2D eigenvalue weighted by molar-refractivity contribution is 7.08. The zero-order valence-electron chi connectivity index (χ0n) is 10.2. The second-order valence-corrected chi connectivity index (χ2v) is 5.48. The Hall–Kier alpha value is -1.36. The third-order valence-electron chi connectivity index (χ3n) is 3.34. The number of likely N-dealkylation sites (tertiary alicyclic amines) is 1. The molecule has 0 unspecified atom stereocenters. The molecule has 1 aromatic rings. The fourth-order valence-corrected chi connectivity index (χ4v) is 3.01. The number of aliphatic carboxylic acids is 1. The lowest BCUT2D eigenvalue weighted by Crippen LogP contribution is -2.39. The van der Waals surface area contributed by atoms with Gasteiger partial charge in [-0.2, -0.15) is 11.3 Å². The predicted octanol–water partition coefficient (Wildman–Crippen LogP) is 2.47. The third kappa shape index (κ3) is 3.32. The molecule has 0 aliphatic carbocycles. The van der Waals surface area contributed by atoms with Crippen molar-refractivity contribution in [2.45, 2.75) is 25.7 Å². The number of carboxylic acid groups (broad SMARTS) is 1. The van der Waals surface area contributed by atoms with Crippen LogP contribution in [0, 0.1) is 5.92 Å². The summed E-state index contributed by atoms with van der Waals surface area (Å²) in [5, 5.41) is 12.5. The molecule has 1 amide bonds. The zero-order chi connectivity index (χ0) is 13.0. The van der Waals surface area contributed by atoms with E-state index < -0.39 is 5.97 Å². The Morgan fingerprint density at radius 2 is 2.33 bits per heavy atom. The number of hydrogen-bond acceptors (Lipinski definition) is 3. The molecule has 0 saturated carbocycles. The van der Waals surface area contributed by atoms with Crippen molar-refractivity contribution in [3.05, 3.63) is 22.4 Å². The zero-order valence-corrected chi connectivity index (χ0v) is 11.0. The topological polar surface area (TPSA) is 57.6 Å². The van der Waals surface area contributed by atoms with Gasteiger partial charge >= 0.3 is 5.97 Å². The van der Waals surface area contributed by atoms with Gasteiger partial charge in [-0.3, -0.25) is 9.59 Å². The first-order chi connectivity index (χ1) is 8.66. The first-order valence-corrected chi connectivity index (χ1v) is 7.14. The monoisotopic (exact) mass is 267 g/mol. The van der Waals surface area contributed by atoms with E-state index in [1.165, 1.54) is 11.3 Å². The number of rotatable bonds is 4. The number of piperidine rings is 1. The average molecular weight is 267 g/mol. The Bertz CT molecular complexity index is 416. The van der Waals surface area contributed by atoms with E-state index in [-0.39, 0.29) is 12.3 Å². The normalized spacial score (nSPS) is 19.8. The fourth-order valence-electron chi connectivity index (χ4n) is 2.38. The van der Waals surface area contributed by atoms with Crippen molar-refractivity contribution < 1.29 is 14.7 Å². The summed E-state index contributed by atoms with van der Waals surface area (Å²) in [6, 6.07) is 1.84. The molecule has 5 heteroatoms. The lowest BCUT2D eigenvalue weighted by molar-refractivity contribution is -0.137. The van der Waals surface area contributed by atoms with Gasteiger partial charge in [-0.05, 0) is 36.6 Å². The Morgan fingerprint density at radius 3 is 3.00 bits per heavy atom. The quantitative estimate of drug-likeness (QED) is 0.911. The van der Waals surface area contributed by atoms with Gasteiger partial charge in [0.15, 0.2) is 0 Å². The molecule has 0 spiro atoms. The molecule has 98 valence electrons. The maximum Gasteiger partial charge on any atom is 0.303 e.